The van der Waals surface area contributed by atoms with Crippen molar-refractivity contribution in [1.82, 2.24) is 4.57 Å². The standard InChI is InChI=1S/C16H19NO2/c1-13-4-6-15(7-5-13)19-11-3-9-17-10-8-14(2)12-16(17)18/h4-8,10,12H,3,9,11H2,1-2H3. The Kier molecular flexibility index (Phi) is 4.39. The summed E-state index contributed by atoms with van der Waals surface area (Å²) in [4.78, 5) is 11.7. The lowest BCUT2D eigenvalue weighted by Crippen LogP contribution is -2.19. The van der Waals surface area contributed by atoms with Gasteiger partial charge in [-0.15, -0.1) is 0 Å². The first kappa shape index (κ1) is 13.4. The summed E-state index contributed by atoms with van der Waals surface area (Å²) in [6, 6.07) is 11.6. The lowest BCUT2D eigenvalue weighted by Gasteiger charge is -2.08. The van der Waals surface area contributed by atoms with Gasteiger partial charge in [-0.05, 0) is 44.0 Å². The van der Waals surface area contributed by atoms with E-state index in [1.54, 1.807) is 10.6 Å². The molecule has 2 rings (SSSR count). The highest BCUT2D eigenvalue weighted by Crippen LogP contribution is 2.11. The second kappa shape index (κ2) is 6.23. The Hall–Kier alpha value is -2.03. The minimum Gasteiger partial charge on any atom is -0.494 e. The van der Waals surface area contributed by atoms with Crippen LogP contribution in [0, 0.1) is 13.8 Å². The van der Waals surface area contributed by atoms with Crippen LogP contribution in [0.3, 0.4) is 0 Å². The van der Waals surface area contributed by atoms with Crippen molar-refractivity contribution < 1.29 is 4.74 Å². The fourth-order valence-electron chi connectivity index (χ4n) is 1.85. The van der Waals surface area contributed by atoms with Crippen LogP contribution < -0.4 is 10.3 Å². The van der Waals surface area contributed by atoms with E-state index < -0.39 is 0 Å². The number of hydrogen-bond acceptors (Lipinski definition) is 2. The van der Waals surface area contributed by atoms with E-state index in [9.17, 15) is 4.79 Å². The zero-order chi connectivity index (χ0) is 13.7. The Balaban J connectivity index is 1.80. The van der Waals surface area contributed by atoms with Gasteiger partial charge in [-0.3, -0.25) is 4.79 Å². The predicted octanol–water partition coefficient (Wildman–Crippen LogP) is 2.93. The molecule has 1 aromatic heterocycles. The molecule has 0 N–H and O–H groups in total. The highest BCUT2D eigenvalue weighted by molar-refractivity contribution is 5.26. The normalized spacial score (nSPS) is 10.4. The third-order valence-corrected chi connectivity index (χ3v) is 2.98. The van der Waals surface area contributed by atoms with Crippen molar-refractivity contribution in [2.24, 2.45) is 0 Å². The third kappa shape index (κ3) is 3.98. The molecule has 3 nitrogen and oxygen atoms in total. The van der Waals surface area contributed by atoms with E-state index in [0.717, 1.165) is 17.7 Å². The van der Waals surface area contributed by atoms with Gasteiger partial charge in [0.25, 0.3) is 5.56 Å². The first-order valence-corrected chi connectivity index (χ1v) is 6.52. The number of aromatic nitrogens is 1. The summed E-state index contributed by atoms with van der Waals surface area (Å²) in [7, 11) is 0. The smallest absolute Gasteiger partial charge is 0.250 e. The van der Waals surface area contributed by atoms with E-state index in [1.807, 2.05) is 50.4 Å². The topological polar surface area (TPSA) is 31.2 Å². The third-order valence-electron chi connectivity index (χ3n) is 2.98. The fraction of sp³-hybridized carbons (Fsp3) is 0.312. The van der Waals surface area contributed by atoms with Gasteiger partial charge in [0.15, 0.2) is 0 Å². The van der Waals surface area contributed by atoms with Gasteiger partial charge in [0, 0.05) is 18.8 Å². The molecule has 0 spiro atoms. The van der Waals surface area contributed by atoms with Crippen LogP contribution in [0.15, 0.2) is 47.4 Å². The van der Waals surface area contributed by atoms with E-state index in [-0.39, 0.29) is 5.56 Å². The largest absolute Gasteiger partial charge is 0.494 e. The maximum absolute atomic E-state index is 11.7. The number of benzene rings is 1. The van der Waals surface area contributed by atoms with Crippen LogP contribution in [0.2, 0.25) is 0 Å². The number of rotatable bonds is 5. The lowest BCUT2D eigenvalue weighted by molar-refractivity contribution is 0.301. The molecule has 1 aromatic carbocycles. The first-order valence-electron chi connectivity index (χ1n) is 6.52. The number of nitrogens with zero attached hydrogens (tertiary/aromatic N) is 1. The first-order chi connectivity index (χ1) is 9.15. The molecule has 1 heterocycles. The second-order valence-electron chi connectivity index (χ2n) is 4.75. The SMILES string of the molecule is Cc1ccc(OCCCn2ccc(C)cc2=O)cc1. The zero-order valence-corrected chi connectivity index (χ0v) is 11.4. The molecular weight excluding hydrogens is 238 g/mol. The zero-order valence-electron chi connectivity index (χ0n) is 11.4. The molecule has 0 amide bonds. The van der Waals surface area contributed by atoms with Crippen LogP contribution in [-0.4, -0.2) is 11.2 Å². The molecule has 0 bridgehead atoms. The van der Waals surface area contributed by atoms with Gasteiger partial charge >= 0.3 is 0 Å². The Morgan fingerprint density at radius 2 is 1.79 bits per heavy atom. The van der Waals surface area contributed by atoms with Crippen LogP contribution in [0.25, 0.3) is 0 Å². The molecule has 0 aliphatic rings. The van der Waals surface area contributed by atoms with Crippen LogP contribution in [0.4, 0.5) is 0 Å². The molecule has 0 radical (unpaired) electrons. The van der Waals surface area contributed by atoms with Crippen LogP contribution >= 0.6 is 0 Å². The molecule has 100 valence electrons. The minimum atomic E-state index is 0.0512. The lowest BCUT2D eigenvalue weighted by atomic mass is 10.2. The maximum Gasteiger partial charge on any atom is 0.250 e. The average molecular weight is 257 g/mol. The van der Waals surface area contributed by atoms with E-state index in [4.69, 9.17) is 4.74 Å². The summed E-state index contributed by atoms with van der Waals surface area (Å²) >= 11 is 0. The molecule has 0 saturated heterocycles. The maximum atomic E-state index is 11.7. The van der Waals surface area contributed by atoms with Crippen LogP contribution in [0.5, 0.6) is 5.75 Å². The summed E-state index contributed by atoms with van der Waals surface area (Å²) in [6.07, 6.45) is 2.65. The number of hydrogen-bond donors (Lipinski definition) is 0. The van der Waals surface area contributed by atoms with E-state index in [0.29, 0.717) is 13.2 Å². The van der Waals surface area contributed by atoms with Crippen molar-refractivity contribution in [3.05, 3.63) is 64.1 Å². The number of pyridine rings is 1. The van der Waals surface area contributed by atoms with Crippen LogP contribution in [0.1, 0.15) is 17.5 Å². The van der Waals surface area contributed by atoms with Gasteiger partial charge in [0.2, 0.25) is 0 Å². The van der Waals surface area contributed by atoms with Gasteiger partial charge in [0.1, 0.15) is 5.75 Å². The number of aryl methyl sites for hydroxylation is 3. The Labute approximate surface area is 113 Å². The monoisotopic (exact) mass is 257 g/mol. The minimum absolute atomic E-state index is 0.0512. The molecular formula is C16H19NO2. The predicted molar refractivity (Wildman–Crippen MR) is 76.7 cm³/mol. The molecule has 0 atom stereocenters. The van der Waals surface area contributed by atoms with Crippen molar-refractivity contribution in [2.75, 3.05) is 6.61 Å². The van der Waals surface area contributed by atoms with Gasteiger partial charge in [-0.2, -0.15) is 0 Å². The van der Waals surface area contributed by atoms with Gasteiger partial charge in [-0.25, -0.2) is 0 Å². The van der Waals surface area contributed by atoms with E-state index in [2.05, 4.69) is 0 Å². The number of ether oxygens (including phenoxy) is 1. The highest BCUT2D eigenvalue weighted by atomic mass is 16.5. The molecule has 3 heteroatoms. The quantitative estimate of drug-likeness (QED) is 0.771. The van der Waals surface area contributed by atoms with E-state index >= 15 is 0 Å². The molecule has 0 unspecified atom stereocenters. The Morgan fingerprint density at radius 3 is 2.47 bits per heavy atom. The Bertz CT molecular complexity index is 584. The van der Waals surface area contributed by atoms with Crippen molar-refractivity contribution in [3.8, 4) is 5.75 Å². The molecule has 0 aliphatic heterocycles. The molecule has 2 aromatic rings. The van der Waals surface area contributed by atoms with Gasteiger partial charge in [-0.1, -0.05) is 17.7 Å². The molecule has 0 fully saturated rings. The van der Waals surface area contributed by atoms with Crippen LogP contribution in [-0.2, 0) is 6.54 Å². The van der Waals surface area contributed by atoms with Gasteiger partial charge in [0.05, 0.1) is 6.61 Å². The van der Waals surface area contributed by atoms with Crippen molar-refractivity contribution >= 4 is 0 Å². The van der Waals surface area contributed by atoms with Crippen molar-refractivity contribution in [3.63, 3.8) is 0 Å². The molecule has 19 heavy (non-hydrogen) atoms. The molecule has 0 aliphatic carbocycles. The summed E-state index contributed by atoms with van der Waals surface area (Å²) in [5, 5.41) is 0. The summed E-state index contributed by atoms with van der Waals surface area (Å²) < 4.78 is 7.34. The molecule has 0 saturated carbocycles. The van der Waals surface area contributed by atoms with Gasteiger partial charge < -0.3 is 9.30 Å². The van der Waals surface area contributed by atoms with Crippen molar-refractivity contribution in [1.29, 1.82) is 0 Å². The van der Waals surface area contributed by atoms with E-state index in [1.165, 1.54) is 5.56 Å². The average Bonchev–Trinajstić information content (AvgIpc) is 2.39. The Morgan fingerprint density at radius 1 is 1.05 bits per heavy atom. The summed E-state index contributed by atoms with van der Waals surface area (Å²) in [5.41, 5.74) is 2.27. The summed E-state index contributed by atoms with van der Waals surface area (Å²) in [5.74, 6) is 0.877. The fourth-order valence-corrected chi connectivity index (χ4v) is 1.85. The second-order valence-corrected chi connectivity index (χ2v) is 4.75. The highest BCUT2D eigenvalue weighted by Gasteiger charge is 1.97. The van der Waals surface area contributed by atoms with Crippen molar-refractivity contribution in [2.45, 2.75) is 26.8 Å². The summed E-state index contributed by atoms with van der Waals surface area (Å²) in [6.45, 7) is 5.27.